The highest BCUT2D eigenvalue weighted by atomic mass is 16.1. The van der Waals surface area contributed by atoms with Gasteiger partial charge in [-0.15, -0.1) is 0 Å². The van der Waals surface area contributed by atoms with E-state index < -0.39 is 0 Å². The molecule has 0 bridgehead atoms. The summed E-state index contributed by atoms with van der Waals surface area (Å²) in [7, 11) is 0. The van der Waals surface area contributed by atoms with Gasteiger partial charge in [-0.25, -0.2) is 4.98 Å². The predicted octanol–water partition coefficient (Wildman–Crippen LogP) is 2.90. The van der Waals surface area contributed by atoms with Gasteiger partial charge < -0.3 is 20.9 Å². The lowest BCUT2D eigenvalue weighted by atomic mass is 10.0. The summed E-state index contributed by atoms with van der Waals surface area (Å²) < 4.78 is 0. The number of rotatable bonds is 5. The van der Waals surface area contributed by atoms with Crippen LogP contribution in [0.2, 0.25) is 0 Å². The molecule has 0 aliphatic carbocycles. The molecular weight excluding hydrogens is 378 g/mol. The van der Waals surface area contributed by atoms with Gasteiger partial charge in [-0.3, -0.25) is 9.89 Å². The quantitative estimate of drug-likeness (QED) is 0.409. The van der Waals surface area contributed by atoms with Gasteiger partial charge in [-0.1, -0.05) is 12.5 Å². The van der Waals surface area contributed by atoms with E-state index in [0.29, 0.717) is 23.7 Å². The summed E-state index contributed by atoms with van der Waals surface area (Å²) >= 11 is 0. The lowest BCUT2D eigenvalue weighted by molar-refractivity contribution is 0.0942. The number of carbonyl (C=O) groups excluding carboxylic acids is 1. The molecule has 0 saturated carbocycles. The highest BCUT2D eigenvalue weighted by Crippen LogP contribution is 2.31. The number of carbonyl (C=O) groups is 1. The van der Waals surface area contributed by atoms with E-state index in [4.69, 9.17) is 5.73 Å². The number of nitrogens with two attached hydrogens (primary N) is 1. The van der Waals surface area contributed by atoms with E-state index in [0.717, 1.165) is 47.1 Å². The third-order valence-corrected chi connectivity index (χ3v) is 5.84. The second-order valence-corrected chi connectivity index (χ2v) is 7.83. The van der Waals surface area contributed by atoms with Crippen LogP contribution in [0.1, 0.15) is 29.8 Å². The average molecular weight is 403 g/mol. The number of pyridine rings is 1. The van der Waals surface area contributed by atoms with Gasteiger partial charge in [-0.05, 0) is 61.3 Å². The molecule has 0 radical (unpaired) electrons. The molecule has 0 atom stereocenters. The first-order valence-electron chi connectivity index (χ1n) is 10.4. The molecule has 5 N–H and O–H groups in total. The first-order valence-corrected chi connectivity index (χ1v) is 10.4. The minimum atomic E-state index is -0.106. The lowest BCUT2D eigenvalue weighted by Gasteiger charge is -2.26. The summed E-state index contributed by atoms with van der Waals surface area (Å²) in [5.74, 6) is 0.366. The van der Waals surface area contributed by atoms with Gasteiger partial charge in [0.1, 0.15) is 11.3 Å². The van der Waals surface area contributed by atoms with Gasteiger partial charge in [0.05, 0.1) is 5.52 Å². The number of piperidine rings is 1. The van der Waals surface area contributed by atoms with E-state index in [2.05, 4.69) is 30.4 Å². The van der Waals surface area contributed by atoms with Crippen LogP contribution in [0.4, 0.5) is 5.82 Å². The van der Waals surface area contributed by atoms with Crippen LogP contribution in [0.15, 0.2) is 36.5 Å². The second kappa shape index (κ2) is 7.79. The van der Waals surface area contributed by atoms with Crippen molar-refractivity contribution in [1.29, 1.82) is 0 Å². The number of amides is 1. The molecule has 30 heavy (non-hydrogen) atoms. The smallest absolute Gasteiger partial charge is 0.267 e. The van der Waals surface area contributed by atoms with Gasteiger partial charge in [0, 0.05) is 30.1 Å². The van der Waals surface area contributed by atoms with Crippen molar-refractivity contribution in [2.75, 3.05) is 31.9 Å². The number of H-pyrrole nitrogens is 2. The Morgan fingerprint density at radius 2 is 2.00 bits per heavy atom. The Hall–Kier alpha value is -3.39. The van der Waals surface area contributed by atoms with Crippen molar-refractivity contribution < 1.29 is 4.79 Å². The van der Waals surface area contributed by atoms with Crippen molar-refractivity contribution in [3.8, 4) is 11.1 Å². The van der Waals surface area contributed by atoms with Crippen LogP contribution in [0, 0.1) is 0 Å². The Kier molecular flexibility index (Phi) is 4.84. The number of aromatic amines is 2. The molecular formula is C22H25N7O. The van der Waals surface area contributed by atoms with Crippen LogP contribution in [0.5, 0.6) is 0 Å². The number of anilines is 1. The Morgan fingerprint density at radius 3 is 2.87 bits per heavy atom. The van der Waals surface area contributed by atoms with Crippen LogP contribution in [0.3, 0.4) is 0 Å². The number of hydrogen-bond acceptors (Lipinski definition) is 5. The maximum absolute atomic E-state index is 12.7. The van der Waals surface area contributed by atoms with E-state index in [1.807, 2.05) is 30.3 Å². The zero-order valence-electron chi connectivity index (χ0n) is 16.7. The van der Waals surface area contributed by atoms with E-state index in [-0.39, 0.29) is 5.91 Å². The first-order chi connectivity index (χ1) is 14.7. The van der Waals surface area contributed by atoms with Crippen molar-refractivity contribution in [1.82, 2.24) is 30.4 Å². The highest BCUT2D eigenvalue weighted by Gasteiger charge is 2.15. The number of hydrogen-bond donors (Lipinski definition) is 4. The number of nitrogens with zero attached hydrogens (tertiary/aromatic N) is 3. The van der Waals surface area contributed by atoms with Crippen LogP contribution in [0.25, 0.3) is 33.1 Å². The molecule has 1 fully saturated rings. The topological polar surface area (TPSA) is 116 Å². The largest absolute Gasteiger partial charge is 0.382 e. The molecule has 1 aromatic carbocycles. The molecule has 4 aromatic rings. The summed E-state index contributed by atoms with van der Waals surface area (Å²) in [5, 5.41) is 11.8. The second-order valence-electron chi connectivity index (χ2n) is 7.83. The number of fused-ring (bicyclic) bond motifs is 2. The lowest BCUT2D eigenvalue weighted by Crippen LogP contribution is -2.37. The van der Waals surface area contributed by atoms with E-state index in [1.54, 1.807) is 6.20 Å². The van der Waals surface area contributed by atoms with Gasteiger partial charge in [0.25, 0.3) is 5.91 Å². The van der Waals surface area contributed by atoms with Gasteiger partial charge >= 0.3 is 0 Å². The third kappa shape index (κ3) is 3.50. The number of nitrogens with one attached hydrogen (secondary N) is 3. The van der Waals surface area contributed by atoms with Crippen molar-refractivity contribution in [2.45, 2.75) is 19.3 Å². The van der Waals surface area contributed by atoms with Gasteiger partial charge in [-0.2, -0.15) is 5.10 Å². The van der Waals surface area contributed by atoms with Crippen molar-refractivity contribution in [3.05, 3.63) is 42.2 Å². The van der Waals surface area contributed by atoms with E-state index in [1.165, 1.54) is 19.3 Å². The molecule has 8 heteroatoms. The number of nitrogen functional groups attached to an aromatic ring is 1. The SMILES string of the molecule is Nc1n[nH]c2ccc(-c3ccnc4[nH]c(C(=O)NCCN5CCCCC5)cc34)cc12. The summed E-state index contributed by atoms with van der Waals surface area (Å²) in [6, 6.07) is 9.80. The molecule has 4 heterocycles. The molecule has 0 unspecified atom stereocenters. The zero-order chi connectivity index (χ0) is 20.5. The van der Waals surface area contributed by atoms with Gasteiger partial charge in [0.15, 0.2) is 5.82 Å². The van der Waals surface area contributed by atoms with Gasteiger partial charge in [0.2, 0.25) is 0 Å². The molecule has 5 rings (SSSR count). The molecule has 0 spiro atoms. The van der Waals surface area contributed by atoms with Crippen molar-refractivity contribution in [3.63, 3.8) is 0 Å². The van der Waals surface area contributed by atoms with Crippen LogP contribution < -0.4 is 11.1 Å². The Balaban J connectivity index is 1.37. The predicted molar refractivity (Wildman–Crippen MR) is 118 cm³/mol. The van der Waals surface area contributed by atoms with Crippen molar-refractivity contribution >= 4 is 33.7 Å². The normalized spacial score (nSPS) is 15.1. The first kappa shape index (κ1) is 18.6. The molecule has 3 aromatic heterocycles. The highest BCUT2D eigenvalue weighted by molar-refractivity contribution is 6.03. The summed E-state index contributed by atoms with van der Waals surface area (Å²) in [4.78, 5) is 22.6. The zero-order valence-corrected chi connectivity index (χ0v) is 16.7. The average Bonchev–Trinajstić information content (AvgIpc) is 3.38. The molecule has 1 aliphatic rings. The maximum Gasteiger partial charge on any atom is 0.267 e. The molecule has 154 valence electrons. The third-order valence-electron chi connectivity index (χ3n) is 5.84. The maximum atomic E-state index is 12.7. The summed E-state index contributed by atoms with van der Waals surface area (Å²) in [6.07, 6.45) is 5.56. The summed E-state index contributed by atoms with van der Waals surface area (Å²) in [5.41, 5.74) is 10.1. The molecule has 8 nitrogen and oxygen atoms in total. The number of benzene rings is 1. The number of aromatic nitrogens is 4. The fraction of sp³-hybridized carbons (Fsp3) is 0.318. The number of likely N-dealkylation sites (tertiary alicyclic amines) is 1. The van der Waals surface area contributed by atoms with Crippen LogP contribution >= 0.6 is 0 Å². The van der Waals surface area contributed by atoms with E-state index >= 15 is 0 Å². The molecule has 1 amide bonds. The Bertz CT molecular complexity index is 1200. The minimum Gasteiger partial charge on any atom is -0.382 e. The van der Waals surface area contributed by atoms with E-state index in [9.17, 15) is 4.79 Å². The molecule has 1 saturated heterocycles. The Morgan fingerprint density at radius 1 is 1.13 bits per heavy atom. The van der Waals surface area contributed by atoms with Crippen molar-refractivity contribution in [2.24, 2.45) is 0 Å². The fourth-order valence-corrected chi connectivity index (χ4v) is 4.21. The van der Waals surface area contributed by atoms with Crippen LogP contribution in [-0.4, -0.2) is 57.2 Å². The van der Waals surface area contributed by atoms with Crippen LogP contribution in [-0.2, 0) is 0 Å². The summed E-state index contributed by atoms with van der Waals surface area (Å²) in [6.45, 7) is 3.79. The Labute approximate surface area is 173 Å². The molecule has 1 aliphatic heterocycles. The standard InChI is InChI=1S/C22H25N7O/c23-20-17-12-14(4-5-18(17)27-28-20)15-6-7-24-21-16(15)13-19(26-21)22(30)25-8-11-29-9-2-1-3-10-29/h4-7,12-13H,1-3,8-11H2,(H,24,26)(H,25,30)(H3,23,27,28). The minimum absolute atomic E-state index is 0.106. The monoisotopic (exact) mass is 403 g/mol. The fourth-order valence-electron chi connectivity index (χ4n) is 4.21.